The molecule has 23 heavy (non-hydrogen) atoms. The largest absolute Gasteiger partial charge is 0.453 e. The molecule has 122 valence electrons. The summed E-state index contributed by atoms with van der Waals surface area (Å²) >= 11 is 5.90. The van der Waals surface area contributed by atoms with E-state index in [1.165, 1.54) is 0 Å². The number of rotatable bonds is 5. The number of nitrogens with zero attached hydrogens (tertiary/aromatic N) is 3. The highest BCUT2D eigenvalue weighted by Crippen LogP contribution is 2.20. The number of halogens is 1. The summed E-state index contributed by atoms with van der Waals surface area (Å²) in [4.78, 5) is 22.5. The first-order valence-corrected chi connectivity index (χ1v) is 7.77. The zero-order chi connectivity index (χ0) is 17.0. The minimum Gasteiger partial charge on any atom is -0.453 e. The third-order valence-corrected chi connectivity index (χ3v) is 3.43. The molecule has 0 aliphatic rings. The lowest BCUT2D eigenvalue weighted by atomic mass is 10.2. The number of amides is 1. The Morgan fingerprint density at radius 2 is 1.74 bits per heavy atom. The zero-order valence-electron chi connectivity index (χ0n) is 13.7. The van der Waals surface area contributed by atoms with Crippen molar-refractivity contribution in [1.82, 2.24) is 9.97 Å². The number of anilines is 1. The van der Waals surface area contributed by atoms with E-state index in [1.807, 2.05) is 45.9 Å². The maximum absolute atomic E-state index is 12.5. The summed E-state index contributed by atoms with van der Waals surface area (Å²) in [7, 11) is 0. The van der Waals surface area contributed by atoms with Gasteiger partial charge < -0.3 is 9.64 Å². The Balaban J connectivity index is 2.11. The fourth-order valence-electron chi connectivity index (χ4n) is 2.29. The van der Waals surface area contributed by atoms with Crippen molar-refractivity contribution in [1.29, 1.82) is 0 Å². The Hall–Kier alpha value is -2.14. The number of hydrogen-bond donors (Lipinski definition) is 0. The van der Waals surface area contributed by atoms with Gasteiger partial charge in [-0.15, -0.1) is 0 Å². The standard InChI is InChI=1S/C17H20ClN3O2/c1-11(2)21(15-7-5-14(18)6-8-15)16(22)10-23-17-19-12(3)9-13(4)20-17/h5-9,11H,10H2,1-4H3. The summed E-state index contributed by atoms with van der Waals surface area (Å²) in [5.41, 5.74) is 2.39. The van der Waals surface area contributed by atoms with Crippen molar-refractivity contribution in [3.8, 4) is 6.01 Å². The fourth-order valence-corrected chi connectivity index (χ4v) is 2.41. The lowest BCUT2D eigenvalue weighted by molar-refractivity contribution is -0.121. The van der Waals surface area contributed by atoms with E-state index in [1.54, 1.807) is 17.0 Å². The molecule has 0 bridgehead atoms. The molecular formula is C17H20ClN3O2. The Kier molecular flexibility index (Phi) is 5.55. The first-order valence-electron chi connectivity index (χ1n) is 7.39. The maximum atomic E-state index is 12.5. The van der Waals surface area contributed by atoms with E-state index in [9.17, 15) is 4.79 Å². The normalized spacial score (nSPS) is 10.7. The average Bonchev–Trinajstić information content (AvgIpc) is 2.46. The van der Waals surface area contributed by atoms with Gasteiger partial charge in [-0.2, -0.15) is 0 Å². The number of ether oxygens (including phenoxy) is 1. The van der Waals surface area contributed by atoms with Crippen molar-refractivity contribution in [2.24, 2.45) is 0 Å². The number of carbonyl (C=O) groups is 1. The molecule has 0 unspecified atom stereocenters. The number of aromatic nitrogens is 2. The van der Waals surface area contributed by atoms with Gasteiger partial charge in [0.25, 0.3) is 5.91 Å². The van der Waals surface area contributed by atoms with Crippen LogP contribution in [-0.2, 0) is 4.79 Å². The van der Waals surface area contributed by atoms with Crippen molar-refractivity contribution >= 4 is 23.2 Å². The number of hydrogen-bond acceptors (Lipinski definition) is 4. The minimum absolute atomic E-state index is 0.00700. The van der Waals surface area contributed by atoms with Gasteiger partial charge in [-0.1, -0.05) is 11.6 Å². The van der Waals surface area contributed by atoms with Crippen LogP contribution in [0.4, 0.5) is 5.69 Å². The van der Waals surface area contributed by atoms with Crippen molar-refractivity contribution in [2.45, 2.75) is 33.7 Å². The lowest BCUT2D eigenvalue weighted by Gasteiger charge is -2.26. The van der Waals surface area contributed by atoms with Crippen LogP contribution in [0, 0.1) is 13.8 Å². The topological polar surface area (TPSA) is 55.3 Å². The van der Waals surface area contributed by atoms with Crippen LogP contribution >= 0.6 is 11.6 Å². The van der Waals surface area contributed by atoms with Gasteiger partial charge in [0, 0.05) is 28.1 Å². The molecule has 0 saturated carbocycles. The predicted molar refractivity (Wildman–Crippen MR) is 91.1 cm³/mol. The van der Waals surface area contributed by atoms with Gasteiger partial charge in [0.2, 0.25) is 0 Å². The Labute approximate surface area is 141 Å². The van der Waals surface area contributed by atoms with E-state index >= 15 is 0 Å². The molecule has 1 aromatic heterocycles. The summed E-state index contributed by atoms with van der Waals surface area (Å²) in [5.74, 6) is -0.162. The van der Waals surface area contributed by atoms with E-state index in [2.05, 4.69) is 9.97 Å². The van der Waals surface area contributed by atoms with Crippen LogP contribution in [0.2, 0.25) is 5.02 Å². The van der Waals surface area contributed by atoms with E-state index in [0.29, 0.717) is 5.02 Å². The third kappa shape index (κ3) is 4.66. The van der Waals surface area contributed by atoms with Gasteiger partial charge in [-0.05, 0) is 58.0 Å². The summed E-state index contributed by atoms with van der Waals surface area (Å²) < 4.78 is 5.47. The van der Waals surface area contributed by atoms with Crippen molar-refractivity contribution in [3.05, 3.63) is 46.7 Å². The van der Waals surface area contributed by atoms with E-state index in [4.69, 9.17) is 16.3 Å². The first-order chi connectivity index (χ1) is 10.9. The van der Waals surface area contributed by atoms with Gasteiger partial charge in [0.1, 0.15) is 0 Å². The molecule has 0 atom stereocenters. The average molecular weight is 334 g/mol. The molecule has 0 aliphatic heterocycles. The summed E-state index contributed by atoms with van der Waals surface area (Å²) in [5, 5.41) is 0.629. The van der Waals surface area contributed by atoms with Gasteiger partial charge in [-0.25, -0.2) is 9.97 Å². The molecule has 0 saturated heterocycles. The quantitative estimate of drug-likeness (QED) is 0.839. The molecule has 1 aromatic carbocycles. The Bertz CT molecular complexity index is 666. The summed E-state index contributed by atoms with van der Waals surface area (Å²) in [6.45, 7) is 7.48. The molecule has 2 aromatic rings. The van der Waals surface area contributed by atoms with E-state index in [-0.39, 0.29) is 24.6 Å². The molecule has 1 heterocycles. The van der Waals surface area contributed by atoms with Crippen molar-refractivity contribution in [3.63, 3.8) is 0 Å². The van der Waals surface area contributed by atoms with Crippen LogP contribution < -0.4 is 9.64 Å². The molecule has 6 heteroatoms. The van der Waals surface area contributed by atoms with Crippen molar-refractivity contribution in [2.75, 3.05) is 11.5 Å². The number of aryl methyl sites for hydroxylation is 2. The number of carbonyl (C=O) groups excluding carboxylic acids is 1. The second kappa shape index (κ2) is 7.42. The SMILES string of the molecule is Cc1cc(C)nc(OCC(=O)N(c2ccc(Cl)cc2)C(C)C)n1. The van der Waals surface area contributed by atoms with Crippen LogP contribution in [0.3, 0.4) is 0 Å². The molecular weight excluding hydrogens is 314 g/mol. The zero-order valence-corrected chi connectivity index (χ0v) is 14.5. The minimum atomic E-state index is -0.162. The van der Waals surface area contributed by atoms with Crippen molar-refractivity contribution < 1.29 is 9.53 Å². The summed E-state index contributed by atoms with van der Waals surface area (Å²) in [6, 6.07) is 9.20. The highest BCUT2D eigenvalue weighted by atomic mass is 35.5. The Morgan fingerprint density at radius 3 is 2.26 bits per heavy atom. The number of benzene rings is 1. The molecule has 0 aliphatic carbocycles. The summed E-state index contributed by atoms with van der Waals surface area (Å²) in [6.07, 6.45) is 0. The van der Waals surface area contributed by atoms with E-state index < -0.39 is 0 Å². The lowest BCUT2D eigenvalue weighted by Crippen LogP contribution is -2.40. The molecule has 5 nitrogen and oxygen atoms in total. The monoisotopic (exact) mass is 333 g/mol. The maximum Gasteiger partial charge on any atom is 0.317 e. The highest BCUT2D eigenvalue weighted by Gasteiger charge is 2.20. The fraction of sp³-hybridized carbons (Fsp3) is 0.353. The van der Waals surface area contributed by atoms with Gasteiger partial charge in [-0.3, -0.25) is 4.79 Å². The van der Waals surface area contributed by atoms with Crippen LogP contribution in [0.25, 0.3) is 0 Å². The predicted octanol–water partition coefficient (Wildman–Crippen LogP) is 3.57. The van der Waals surface area contributed by atoms with Gasteiger partial charge in [0.05, 0.1) is 0 Å². The van der Waals surface area contributed by atoms with Gasteiger partial charge in [0.15, 0.2) is 6.61 Å². The van der Waals surface area contributed by atoms with Crippen LogP contribution in [0.5, 0.6) is 6.01 Å². The van der Waals surface area contributed by atoms with Crippen LogP contribution in [0.15, 0.2) is 30.3 Å². The highest BCUT2D eigenvalue weighted by molar-refractivity contribution is 6.30. The third-order valence-electron chi connectivity index (χ3n) is 3.18. The van der Waals surface area contributed by atoms with Crippen LogP contribution in [-0.4, -0.2) is 28.5 Å². The molecule has 2 rings (SSSR count). The van der Waals surface area contributed by atoms with E-state index in [0.717, 1.165) is 17.1 Å². The van der Waals surface area contributed by atoms with Crippen LogP contribution in [0.1, 0.15) is 25.2 Å². The molecule has 0 spiro atoms. The van der Waals surface area contributed by atoms with Gasteiger partial charge >= 0.3 is 6.01 Å². The second-order valence-corrected chi connectivity index (χ2v) is 5.99. The first kappa shape index (κ1) is 17.2. The molecule has 0 N–H and O–H groups in total. The molecule has 0 fully saturated rings. The smallest absolute Gasteiger partial charge is 0.317 e. The molecule has 0 radical (unpaired) electrons. The second-order valence-electron chi connectivity index (χ2n) is 5.56. The molecule has 1 amide bonds. The Morgan fingerprint density at radius 1 is 1.17 bits per heavy atom.